The summed E-state index contributed by atoms with van der Waals surface area (Å²) >= 11 is 0. The summed E-state index contributed by atoms with van der Waals surface area (Å²) in [6.45, 7) is 0. The molecule has 0 saturated heterocycles. The van der Waals surface area contributed by atoms with Crippen LogP contribution in [0.25, 0.3) is 44.2 Å². The van der Waals surface area contributed by atoms with E-state index >= 15 is 0 Å². The van der Waals surface area contributed by atoms with Gasteiger partial charge in [-0.25, -0.2) is 0 Å². The SMILES string of the molecule is c1ccc2c(c1)-c1cc(N(c3ccc(-c4cccc5ccccc45)cc3)c3ccc4c(c3)C3(c5ccccc5-4)C4CC5CC(C4)CC3C5)ccc1C21CC2CCC1C2. The maximum Gasteiger partial charge on any atom is 0.0468 e. The highest BCUT2D eigenvalue weighted by Crippen LogP contribution is 2.70. The van der Waals surface area contributed by atoms with E-state index < -0.39 is 0 Å². The molecule has 0 aromatic heterocycles. The van der Waals surface area contributed by atoms with Gasteiger partial charge in [0.25, 0.3) is 0 Å². The lowest BCUT2D eigenvalue weighted by molar-refractivity contribution is -0.0399. The van der Waals surface area contributed by atoms with E-state index in [2.05, 4.69) is 157 Å². The van der Waals surface area contributed by atoms with E-state index in [-0.39, 0.29) is 10.8 Å². The molecule has 6 saturated carbocycles. The monoisotopic (exact) mass is 747 g/mol. The molecule has 15 rings (SSSR count). The van der Waals surface area contributed by atoms with Crippen LogP contribution in [0.2, 0.25) is 0 Å². The van der Waals surface area contributed by atoms with Crippen molar-refractivity contribution in [3.05, 3.63) is 174 Å². The van der Waals surface area contributed by atoms with Crippen LogP contribution in [0.1, 0.15) is 80.0 Å². The third-order valence-electron chi connectivity index (χ3n) is 17.3. The molecule has 2 spiro atoms. The van der Waals surface area contributed by atoms with Crippen LogP contribution in [0.3, 0.4) is 0 Å². The molecule has 0 radical (unpaired) electrons. The van der Waals surface area contributed by atoms with Crippen molar-refractivity contribution < 1.29 is 0 Å². The molecule has 8 aliphatic rings. The highest BCUT2D eigenvalue weighted by Gasteiger charge is 2.62. The summed E-state index contributed by atoms with van der Waals surface area (Å²) in [7, 11) is 0. The van der Waals surface area contributed by atoms with Crippen molar-refractivity contribution in [1.29, 1.82) is 0 Å². The second-order valence-corrected chi connectivity index (χ2v) is 19.7. The number of fused-ring (bicyclic) bond motifs is 12. The second kappa shape index (κ2) is 11.6. The lowest BCUT2D eigenvalue weighted by atomic mass is 9.43. The van der Waals surface area contributed by atoms with E-state index in [0.29, 0.717) is 0 Å². The quantitative estimate of drug-likeness (QED) is 0.173. The maximum atomic E-state index is 2.68. The van der Waals surface area contributed by atoms with Gasteiger partial charge < -0.3 is 4.90 Å². The van der Waals surface area contributed by atoms with Gasteiger partial charge in [-0.1, -0.05) is 122 Å². The first-order valence-corrected chi connectivity index (χ1v) is 22.5. The van der Waals surface area contributed by atoms with Crippen molar-refractivity contribution in [2.45, 2.75) is 68.6 Å². The maximum absolute atomic E-state index is 2.68. The molecule has 0 N–H and O–H groups in total. The Morgan fingerprint density at radius 1 is 0.397 bits per heavy atom. The van der Waals surface area contributed by atoms with Crippen LogP contribution < -0.4 is 4.90 Å². The van der Waals surface area contributed by atoms with Gasteiger partial charge in [0.2, 0.25) is 0 Å². The standard InChI is InChI=1S/C57H49N/c1-2-10-46-38(8-1)9-7-13-47(46)39-17-20-43(21-18-39)58(44-23-25-53-51(32-44)49-12-3-5-14-52(49)56(53)34-35-16-19-40(56)27-35)45-22-24-50-48-11-4-6-15-54(48)57(55(50)33-45)41-28-36-26-37(30-41)31-42(57)29-36/h1-15,17-18,20-25,32-33,35-37,40-42H,16,19,26-31,34H2. The number of hydrogen-bond donors (Lipinski definition) is 0. The fraction of sp³-hybridized carbons (Fsp3) is 0.298. The van der Waals surface area contributed by atoms with Gasteiger partial charge in [0.05, 0.1) is 0 Å². The van der Waals surface area contributed by atoms with Crippen molar-refractivity contribution in [2.75, 3.05) is 4.90 Å². The molecule has 3 atom stereocenters. The van der Waals surface area contributed by atoms with Gasteiger partial charge >= 0.3 is 0 Å². The number of rotatable bonds is 4. The van der Waals surface area contributed by atoms with E-state index in [4.69, 9.17) is 0 Å². The second-order valence-electron chi connectivity index (χ2n) is 19.7. The van der Waals surface area contributed by atoms with Crippen LogP contribution in [0.5, 0.6) is 0 Å². The Hall–Kier alpha value is -5.40. The Labute approximate surface area is 342 Å². The van der Waals surface area contributed by atoms with Crippen LogP contribution in [-0.4, -0.2) is 0 Å². The minimum absolute atomic E-state index is 0.129. The van der Waals surface area contributed by atoms with Crippen molar-refractivity contribution in [3.8, 4) is 33.4 Å². The molecular formula is C57H49N. The largest absolute Gasteiger partial charge is 0.310 e. The average Bonchev–Trinajstić information content (AvgIpc) is 4.03. The Morgan fingerprint density at radius 2 is 1.00 bits per heavy atom. The smallest absolute Gasteiger partial charge is 0.0468 e. The zero-order valence-electron chi connectivity index (χ0n) is 33.2. The predicted molar refractivity (Wildman–Crippen MR) is 239 cm³/mol. The third-order valence-corrected chi connectivity index (χ3v) is 17.3. The molecule has 6 bridgehead atoms. The van der Waals surface area contributed by atoms with Crippen molar-refractivity contribution in [2.24, 2.45) is 35.5 Å². The first-order chi connectivity index (χ1) is 28.7. The van der Waals surface area contributed by atoms with Crippen LogP contribution in [0.15, 0.2) is 152 Å². The van der Waals surface area contributed by atoms with Gasteiger partial charge in [0.1, 0.15) is 0 Å². The van der Waals surface area contributed by atoms with Crippen molar-refractivity contribution >= 4 is 27.8 Å². The van der Waals surface area contributed by atoms with Crippen LogP contribution in [0.4, 0.5) is 17.1 Å². The minimum Gasteiger partial charge on any atom is -0.310 e. The van der Waals surface area contributed by atoms with Gasteiger partial charge in [0.15, 0.2) is 0 Å². The van der Waals surface area contributed by atoms with Crippen molar-refractivity contribution in [1.82, 2.24) is 0 Å². The first kappa shape index (κ1) is 32.5. The Morgan fingerprint density at radius 3 is 1.78 bits per heavy atom. The summed E-state index contributed by atoms with van der Waals surface area (Å²) in [5, 5.41) is 2.59. The molecule has 0 aliphatic heterocycles. The van der Waals surface area contributed by atoms with E-state index in [1.165, 1.54) is 119 Å². The fourth-order valence-electron chi connectivity index (χ4n) is 15.5. The van der Waals surface area contributed by atoms with Gasteiger partial charge in [-0.2, -0.15) is 0 Å². The summed E-state index contributed by atoms with van der Waals surface area (Å²) in [6.07, 6.45) is 12.6. The van der Waals surface area contributed by atoms with Gasteiger partial charge in [-0.3, -0.25) is 0 Å². The van der Waals surface area contributed by atoms with E-state index in [1.54, 1.807) is 22.3 Å². The van der Waals surface area contributed by atoms with Crippen molar-refractivity contribution in [3.63, 3.8) is 0 Å². The highest BCUT2D eigenvalue weighted by atomic mass is 15.1. The molecule has 0 amide bonds. The Balaban J connectivity index is 0.962. The minimum atomic E-state index is 0.129. The normalized spacial score (nSPS) is 29.9. The summed E-state index contributed by atoms with van der Waals surface area (Å²) in [5.74, 6) is 4.97. The summed E-state index contributed by atoms with van der Waals surface area (Å²) < 4.78 is 0. The summed E-state index contributed by atoms with van der Waals surface area (Å²) in [5.41, 5.74) is 19.0. The fourth-order valence-corrected chi connectivity index (χ4v) is 15.5. The van der Waals surface area contributed by atoms with Gasteiger partial charge in [-0.15, -0.1) is 0 Å². The Kier molecular flexibility index (Phi) is 6.52. The number of nitrogens with zero attached hydrogens (tertiary/aromatic N) is 1. The molecule has 3 unspecified atom stereocenters. The van der Waals surface area contributed by atoms with E-state index in [9.17, 15) is 0 Å². The zero-order chi connectivity index (χ0) is 37.7. The zero-order valence-corrected chi connectivity index (χ0v) is 33.2. The predicted octanol–water partition coefficient (Wildman–Crippen LogP) is 14.8. The van der Waals surface area contributed by atoms with Gasteiger partial charge in [-0.05, 0) is 190 Å². The topological polar surface area (TPSA) is 3.24 Å². The molecule has 8 aliphatic carbocycles. The molecule has 58 heavy (non-hydrogen) atoms. The van der Waals surface area contributed by atoms with Crippen LogP contribution in [-0.2, 0) is 10.8 Å². The summed E-state index contributed by atoms with van der Waals surface area (Å²) in [4.78, 5) is 2.61. The lowest BCUT2D eigenvalue weighted by Gasteiger charge is -2.61. The lowest BCUT2D eigenvalue weighted by Crippen LogP contribution is -2.55. The third kappa shape index (κ3) is 4.13. The van der Waals surface area contributed by atoms with E-state index in [1.807, 2.05) is 0 Å². The molecule has 1 heteroatoms. The molecule has 7 aromatic carbocycles. The molecule has 7 aromatic rings. The van der Waals surface area contributed by atoms with Crippen LogP contribution in [0, 0.1) is 35.5 Å². The van der Waals surface area contributed by atoms with E-state index in [0.717, 1.165) is 35.5 Å². The number of hydrogen-bond acceptors (Lipinski definition) is 1. The average molecular weight is 748 g/mol. The highest BCUT2D eigenvalue weighted by molar-refractivity contribution is 5.97. The molecule has 6 fully saturated rings. The Bertz CT molecular complexity index is 2810. The molecule has 282 valence electrons. The first-order valence-electron chi connectivity index (χ1n) is 22.5. The summed E-state index contributed by atoms with van der Waals surface area (Å²) in [6, 6.07) is 59.3. The number of benzene rings is 7. The van der Waals surface area contributed by atoms with Gasteiger partial charge in [0, 0.05) is 27.9 Å². The molecule has 0 heterocycles. The van der Waals surface area contributed by atoms with Crippen LogP contribution >= 0.6 is 0 Å². The molecule has 1 nitrogen and oxygen atoms in total. The number of anilines is 3. The molecular weight excluding hydrogens is 699 g/mol.